The van der Waals surface area contributed by atoms with Gasteiger partial charge in [0.1, 0.15) is 0 Å². The van der Waals surface area contributed by atoms with Gasteiger partial charge in [-0.05, 0) is 32.2 Å². The molecule has 1 aromatic rings. The van der Waals surface area contributed by atoms with Gasteiger partial charge in [-0.25, -0.2) is 4.98 Å². The van der Waals surface area contributed by atoms with E-state index in [0.29, 0.717) is 6.04 Å². The smallest absolute Gasteiger partial charge is 0.182 e. The lowest BCUT2D eigenvalue weighted by molar-refractivity contribution is 0.115. The lowest BCUT2D eigenvalue weighted by Gasteiger charge is -2.35. The fourth-order valence-corrected chi connectivity index (χ4v) is 3.42. The molecule has 108 valence electrons. The van der Waals surface area contributed by atoms with Crippen molar-refractivity contribution < 1.29 is 4.74 Å². The van der Waals surface area contributed by atoms with Crippen molar-refractivity contribution in [1.82, 2.24) is 9.88 Å². The minimum atomic E-state index is 0.712. The van der Waals surface area contributed by atoms with Crippen LogP contribution in [-0.2, 0) is 11.3 Å². The van der Waals surface area contributed by atoms with Gasteiger partial charge < -0.3 is 10.1 Å². The summed E-state index contributed by atoms with van der Waals surface area (Å²) in [6.45, 7) is 3.09. The van der Waals surface area contributed by atoms with Crippen LogP contribution in [0.15, 0.2) is 5.38 Å². The Bertz CT molecular complexity index is 369. The topological polar surface area (TPSA) is 37.4 Å². The highest BCUT2D eigenvalue weighted by atomic mass is 32.1. The minimum absolute atomic E-state index is 0.712. The van der Waals surface area contributed by atoms with Crippen LogP contribution in [0.2, 0.25) is 0 Å². The number of thiazole rings is 1. The number of anilines is 1. The molecule has 0 saturated carbocycles. The third kappa shape index (κ3) is 4.44. The number of rotatable bonds is 7. The largest absolute Gasteiger partial charge is 0.385 e. The lowest BCUT2D eigenvalue weighted by Crippen LogP contribution is -2.39. The molecule has 1 saturated heterocycles. The van der Waals surface area contributed by atoms with Crippen molar-refractivity contribution in [3.05, 3.63) is 11.1 Å². The van der Waals surface area contributed by atoms with Crippen LogP contribution in [0.25, 0.3) is 0 Å². The zero-order chi connectivity index (χ0) is 13.5. The third-order valence-electron chi connectivity index (χ3n) is 3.77. The van der Waals surface area contributed by atoms with Gasteiger partial charge >= 0.3 is 0 Å². The van der Waals surface area contributed by atoms with Crippen molar-refractivity contribution in [1.29, 1.82) is 0 Å². The predicted molar refractivity (Wildman–Crippen MR) is 80.8 cm³/mol. The molecule has 5 heteroatoms. The Morgan fingerprint density at radius 3 is 3.16 bits per heavy atom. The maximum Gasteiger partial charge on any atom is 0.182 e. The molecule has 1 atom stereocenters. The van der Waals surface area contributed by atoms with E-state index in [1.807, 2.05) is 7.05 Å². The number of nitrogens with zero attached hydrogens (tertiary/aromatic N) is 2. The normalized spacial score (nSPS) is 20.6. The number of likely N-dealkylation sites (tertiary alicyclic amines) is 1. The number of ether oxygens (including phenoxy) is 1. The van der Waals surface area contributed by atoms with Gasteiger partial charge in [-0.1, -0.05) is 6.42 Å². The molecule has 1 unspecified atom stereocenters. The first-order valence-corrected chi connectivity index (χ1v) is 8.06. The first-order chi connectivity index (χ1) is 9.33. The summed E-state index contributed by atoms with van der Waals surface area (Å²) in [6, 6.07) is 0.712. The average Bonchev–Trinajstić information content (AvgIpc) is 2.89. The van der Waals surface area contributed by atoms with Crippen LogP contribution in [-0.4, -0.2) is 43.2 Å². The molecule has 0 amide bonds. The van der Waals surface area contributed by atoms with Crippen molar-refractivity contribution in [2.45, 2.75) is 44.7 Å². The molecule has 2 rings (SSSR count). The summed E-state index contributed by atoms with van der Waals surface area (Å²) in [5.74, 6) is 0. The monoisotopic (exact) mass is 283 g/mol. The molecule has 0 aliphatic carbocycles. The van der Waals surface area contributed by atoms with E-state index < -0.39 is 0 Å². The van der Waals surface area contributed by atoms with Crippen LogP contribution >= 0.6 is 11.3 Å². The van der Waals surface area contributed by atoms with E-state index in [-0.39, 0.29) is 0 Å². The minimum Gasteiger partial charge on any atom is -0.385 e. The second-order valence-corrected chi connectivity index (χ2v) is 6.01. The van der Waals surface area contributed by atoms with Gasteiger partial charge in [-0.15, -0.1) is 11.3 Å². The number of aromatic nitrogens is 1. The summed E-state index contributed by atoms with van der Waals surface area (Å²) in [7, 11) is 3.71. The number of hydrogen-bond acceptors (Lipinski definition) is 5. The van der Waals surface area contributed by atoms with Crippen molar-refractivity contribution in [2.24, 2.45) is 0 Å². The second kappa shape index (κ2) is 7.82. The van der Waals surface area contributed by atoms with Crippen LogP contribution in [0.1, 0.15) is 37.8 Å². The van der Waals surface area contributed by atoms with Crippen molar-refractivity contribution >= 4 is 16.5 Å². The average molecular weight is 283 g/mol. The Labute approximate surface area is 120 Å². The molecule has 19 heavy (non-hydrogen) atoms. The summed E-state index contributed by atoms with van der Waals surface area (Å²) < 4.78 is 5.17. The first-order valence-electron chi connectivity index (χ1n) is 7.18. The van der Waals surface area contributed by atoms with Crippen molar-refractivity contribution in [3.63, 3.8) is 0 Å². The molecule has 4 nitrogen and oxygen atoms in total. The molecule has 1 aromatic heterocycles. The molecule has 0 aromatic carbocycles. The zero-order valence-corrected chi connectivity index (χ0v) is 12.8. The van der Waals surface area contributed by atoms with Crippen molar-refractivity contribution in [3.8, 4) is 0 Å². The van der Waals surface area contributed by atoms with Gasteiger partial charge in [0.2, 0.25) is 0 Å². The number of methoxy groups -OCH3 is 1. The van der Waals surface area contributed by atoms with Gasteiger partial charge in [0.05, 0.1) is 5.69 Å². The summed E-state index contributed by atoms with van der Waals surface area (Å²) >= 11 is 1.69. The highest BCUT2D eigenvalue weighted by Gasteiger charge is 2.22. The van der Waals surface area contributed by atoms with Gasteiger partial charge in [-0.2, -0.15) is 0 Å². The molecular weight excluding hydrogens is 258 g/mol. The highest BCUT2D eigenvalue weighted by molar-refractivity contribution is 7.13. The Hall–Kier alpha value is -0.650. The molecule has 2 heterocycles. The molecule has 1 N–H and O–H groups in total. The Balaban J connectivity index is 1.87. The van der Waals surface area contributed by atoms with E-state index in [1.54, 1.807) is 18.4 Å². The summed E-state index contributed by atoms with van der Waals surface area (Å²) in [5.41, 5.74) is 1.20. The predicted octanol–water partition coefficient (Wildman–Crippen LogP) is 2.97. The van der Waals surface area contributed by atoms with E-state index in [4.69, 9.17) is 4.74 Å². The van der Waals surface area contributed by atoms with Crippen LogP contribution in [0, 0.1) is 0 Å². The first kappa shape index (κ1) is 14.8. The number of piperidine rings is 1. The van der Waals surface area contributed by atoms with Crippen molar-refractivity contribution in [2.75, 3.05) is 32.6 Å². The molecule has 1 aliphatic rings. The van der Waals surface area contributed by atoms with E-state index in [2.05, 4.69) is 20.6 Å². The van der Waals surface area contributed by atoms with Gasteiger partial charge in [0, 0.05) is 38.7 Å². The molecule has 0 radical (unpaired) electrons. The van der Waals surface area contributed by atoms with Crippen LogP contribution in [0.5, 0.6) is 0 Å². The Morgan fingerprint density at radius 1 is 1.53 bits per heavy atom. The van der Waals surface area contributed by atoms with Crippen LogP contribution in [0.3, 0.4) is 0 Å². The van der Waals surface area contributed by atoms with Gasteiger partial charge in [0.15, 0.2) is 5.13 Å². The fraction of sp³-hybridized carbons (Fsp3) is 0.786. The molecule has 1 fully saturated rings. The SMILES string of the molecule is CNc1nc(CN2CCCCC2CCCOC)cs1. The van der Waals surface area contributed by atoms with Crippen LogP contribution < -0.4 is 5.32 Å². The van der Waals surface area contributed by atoms with E-state index in [1.165, 1.54) is 37.9 Å². The highest BCUT2D eigenvalue weighted by Crippen LogP contribution is 2.24. The zero-order valence-electron chi connectivity index (χ0n) is 12.0. The Morgan fingerprint density at radius 2 is 2.42 bits per heavy atom. The molecule has 1 aliphatic heterocycles. The quantitative estimate of drug-likeness (QED) is 0.781. The van der Waals surface area contributed by atoms with Crippen LogP contribution in [0.4, 0.5) is 5.13 Å². The maximum atomic E-state index is 5.17. The van der Waals surface area contributed by atoms with E-state index >= 15 is 0 Å². The van der Waals surface area contributed by atoms with Gasteiger partial charge in [0.25, 0.3) is 0 Å². The lowest BCUT2D eigenvalue weighted by atomic mass is 9.98. The molecule has 0 bridgehead atoms. The number of hydrogen-bond donors (Lipinski definition) is 1. The van der Waals surface area contributed by atoms with E-state index in [0.717, 1.165) is 24.7 Å². The second-order valence-electron chi connectivity index (χ2n) is 5.15. The van der Waals surface area contributed by atoms with Gasteiger partial charge in [-0.3, -0.25) is 4.90 Å². The summed E-state index contributed by atoms with van der Waals surface area (Å²) in [6.07, 6.45) is 6.43. The maximum absolute atomic E-state index is 5.17. The number of nitrogens with one attached hydrogen (secondary N) is 1. The summed E-state index contributed by atoms with van der Waals surface area (Å²) in [4.78, 5) is 7.20. The standard InChI is InChI=1S/C14H25N3OS/c1-15-14-16-12(11-19-14)10-17-8-4-3-6-13(17)7-5-9-18-2/h11,13H,3-10H2,1-2H3,(H,15,16). The third-order valence-corrected chi connectivity index (χ3v) is 4.67. The molecular formula is C14H25N3OS. The Kier molecular flexibility index (Phi) is 6.07. The summed E-state index contributed by atoms with van der Waals surface area (Å²) in [5, 5.41) is 6.30. The fourth-order valence-electron chi connectivity index (χ4n) is 2.76. The van der Waals surface area contributed by atoms with E-state index in [9.17, 15) is 0 Å². The molecule has 0 spiro atoms.